The molecule has 52 heavy (non-hydrogen) atoms. The molecule has 0 saturated carbocycles. The van der Waals surface area contributed by atoms with Crippen molar-refractivity contribution in [3.05, 3.63) is 107 Å². The highest BCUT2D eigenvalue weighted by molar-refractivity contribution is 5.83. The Hall–Kier alpha value is -5.00. The zero-order valence-corrected chi connectivity index (χ0v) is 29.8. The van der Waals surface area contributed by atoms with Crippen LogP contribution < -0.4 is 9.47 Å². The Morgan fingerprint density at radius 1 is 0.500 bits per heavy atom. The summed E-state index contributed by atoms with van der Waals surface area (Å²) in [6.07, 6.45) is 1.21. The van der Waals surface area contributed by atoms with Crippen LogP contribution in [0.25, 0.3) is 45.1 Å². The number of hydrogen-bond acceptors (Lipinski definition) is 10. The Balaban J connectivity index is 1.16. The maximum Gasteiger partial charge on any atom is 0.231 e. The summed E-state index contributed by atoms with van der Waals surface area (Å²) in [5.74, 6) is 2.36. The number of para-hydroxylation sites is 2. The first-order valence-corrected chi connectivity index (χ1v) is 17.7. The van der Waals surface area contributed by atoms with Crippen molar-refractivity contribution >= 4 is 22.2 Å². The van der Waals surface area contributed by atoms with E-state index in [-0.39, 0.29) is 0 Å². The van der Waals surface area contributed by atoms with Crippen LogP contribution in [0.15, 0.2) is 93.8 Å². The van der Waals surface area contributed by atoms with Gasteiger partial charge in [-0.25, -0.2) is 9.97 Å². The minimum absolute atomic E-state index is 0.376. The second kappa shape index (κ2) is 17.0. The summed E-state index contributed by atoms with van der Waals surface area (Å²) in [6.45, 7) is 13.0. The summed E-state index contributed by atoms with van der Waals surface area (Å²) in [5, 5.41) is 0. The second-order valence-electron chi connectivity index (χ2n) is 12.8. The van der Waals surface area contributed by atoms with Crippen LogP contribution in [0.4, 0.5) is 0 Å². The van der Waals surface area contributed by atoms with E-state index in [0.29, 0.717) is 102 Å². The van der Waals surface area contributed by atoms with E-state index in [9.17, 15) is 0 Å². The molecule has 3 heterocycles. The smallest absolute Gasteiger partial charge is 0.231 e. The lowest BCUT2D eigenvalue weighted by atomic mass is 9.97. The molecule has 2 aromatic heterocycles. The van der Waals surface area contributed by atoms with E-state index in [1.165, 1.54) is 0 Å². The topological polar surface area (TPSA) is 107 Å². The molecule has 270 valence electrons. The summed E-state index contributed by atoms with van der Waals surface area (Å²) in [6, 6.07) is 23.9. The van der Waals surface area contributed by atoms with Gasteiger partial charge in [-0.1, -0.05) is 48.6 Å². The number of hydrogen-bond donors (Lipinski definition) is 0. The number of allylic oxidation sites excluding steroid dienone is 1. The molecule has 10 heteroatoms. The molecule has 0 radical (unpaired) electrons. The summed E-state index contributed by atoms with van der Waals surface area (Å²) in [4.78, 5) is 9.79. The van der Waals surface area contributed by atoms with Crippen molar-refractivity contribution in [2.75, 3.05) is 66.1 Å². The highest BCUT2D eigenvalue weighted by atomic mass is 16.6. The molecule has 4 aromatic carbocycles. The molecule has 0 aliphatic carbocycles. The van der Waals surface area contributed by atoms with E-state index in [0.717, 1.165) is 61.2 Å². The molecule has 10 nitrogen and oxygen atoms in total. The van der Waals surface area contributed by atoms with Crippen LogP contribution in [0.3, 0.4) is 0 Å². The standard InChI is InChI=1S/C42H44N2O8/c1-28-22-31-24-29(2)26-35-39(31)51-41(43-35)33-8-4-6-10-37(33)49-20-18-47-16-14-45-12-13-46-15-17-48-19-21-50-38-11-7-5-9-34(38)42-44-36-27-30(3)25-32(23-28)40(36)52-42/h4-11,24-27H,1,12-23H2,2-3H3. The van der Waals surface area contributed by atoms with Crippen LogP contribution in [0.5, 0.6) is 11.5 Å². The molecule has 4 bridgehead atoms. The van der Waals surface area contributed by atoms with E-state index in [2.05, 4.69) is 32.6 Å². The molecule has 0 amide bonds. The first-order chi connectivity index (χ1) is 25.5. The van der Waals surface area contributed by atoms with Gasteiger partial charge >= 0.3 is 0 Å². The largest absolute Gasteiger partial charge is 0.490 e. The van der Waals surface area contributed by atoms with Gasteiger partial charge in [0.2, 0.25) is 11.8 Å². The van der Waals surface area contributed by atoms with Crippen molar-refractivity contribution in [2.45, 2.75) is 26.7 Å². The number of benzene rings is 4. The molecule has 7 rings (SSSR count). The molecule has 0 unspecified atom stereocenters. The van der Waals surface area contributed by atoms with Crippen molar-refractivity contribution in [3.8, 4) is 34.4 Å². The molecule has 0 fully saturated rings. The Morgan fingerprint density at radius 3 is 1.31 bits per heavy atom. The number of fused-ring (bicyclic) bond motifs is 6. The van der Waals surface area contributed by atoms with E-state index in [1.54, 1.807) is 0 Å². The van der Waals surface area contributed by atoms with Crippen LogP contribution in [-0.2, 0) is 31.8 Å². The molecule has 0 atom stereocenters. The third kappa shape index (κ3) is 8.71. The number of aryl methyl sites for hydroxylation is 2. The minimum atomic E-state index is 0.376. The lowest BCUT2D eigenvalue weighted by Crippen LogP contribution is -2.14. The first-order valence-electron chi connectivity index (χ1n) is 17.7. The fourth-order valence-corrected chi connectivity index (χ4v) is 6.33. The number of ether oxygens (including phenoxy) is 6. The van der Waals surface area contributed by atoms with E-state index >= 15 is 0 Å². The highest BCUT2D eigenvalue weighted by Crippen LogP contribution is 2.36. The van der Waals surface area contributed by atoms with Gasteiger partial charge in [0.15, 0.2) is 11.2 Å². The molecule has 6 aromatic rings. The Morgan fingerprint density at radius 2 is 0.885 bits per heavy atom. The van der Waals surface area contributed by atoms with Gasteiger partial charge < -0.3 is 37.3 Å². The van der Waals surface area contributed by atoms with Gasteiger partial charge in [-0.2, -0.15) is 0 Å². The van der Waals surface area contributed by atoms with Crippen molar-refractivity contribution in [1.82, 2.24) is 9.97 Å². The average molecular weight is 705 g/mol. The van der Waals surface area contributed by atoms with Crippen molar-refractivity contribution in [3.63, 3.8) is 0 Å². The summed E-state index contributed by atoms with van der Waals surface area (Å²) >= 11 is 0. The maximum atomic E-state index is 6.48. The summed E-state index contributed by atoms with van der Waals surface area (Å²) in [7, 11) is 0. The monoisotopic (exact) mass is 704 g/mol. The summed E-state index contributed by atoms with van der Waals surface area (Å²) in [5.41, 5.74) is 9.84. The fourth-order valence-electron chi connectivity index (χ4n) is 6.33. The predicted octanol–water partition coefficient (Wildman–Crippen LogP) is 8.10. The van der Waals surface area contributed by atoms with Crippen LogP contribution in [-0.4, -0.2) is 76.0 Å². The number of rotatable bonds is 0. The lowest BCUT2D eigenvalue weighted by Gasteiger charge is -2.11. The third-order valence-electron chi connectivity index (χ3n) is 8.62. The van der Waals surface area contributed by atoms with Crippen LogP contribution in [0.2, 0.25) is 0 Å². The van der Waals surface area contributed by atoms with Gasteiger partial charge in [0, 0.05) is 11.1 Å². The van der Waals surface area contributed by atoms with Crippen molar-refractivity contribution < 1.29 is 37.3 Å². The molecule has 1 aliphatic rings. The van der Waals surface area contributed by atoms with E-state index in [1.807, 2.05) is 60.7 Å². The normalized spacial score (nSPS) is 16.2. The van der Waals surface area contributed by atoms with Gasteiger partial charge in [-0.3, -0.25) is 0 Å². The van der Waals surface area contributed by atoms with Gasteiger partial charge in [0.1, 0.15) is 35.7 Å². The van der Waals surface area contributed by atoms with Crippen LogP contribution in [0.1, 0.15) is 22.3 Å². The third-order valence-corrected chi connectivity index (χ3v) is 8.62. The fraction of sp³-hybridized carbons (Fsp3) is 0.333. The maximum absolute atomic E-state index is 6.48. The second-order valence-corrected chi connectivity index (χ2v) is 12.8. The quantitative estimate of drug-likeness (QED) is 0.144. The number of oxazole rings is 2. The average Bonchev–Trinajstić information content (AvgIpc) is 3.76. The SMILES string of the molecule is C=C1Cc2cc(C)cc3nc(oc23)-c2ccccc2OCCOCCOCCOCCOCCOc2ccccc2-c2nc3cc(C)cc(c3o2)C1. The van der Waals surface area contributed by atoms with Gasteiger partial charge in [0.05, 0.1) is 64.0 Å². The summed E-state index contributed by atoms with van der Waals surface area (Å²) < 4.78 is 47.9. The van der Waals surface area contributed by atoms with Crippen LogP contribution >= 0.6 is 0 Å². The molecular formula is C42H44N2O8. The van der Waals surface area contributed by atoms with E-state index < -0.39 is 0 Å². The zero-order valence-electron chi connectivity index (χ0n) is 29.8. The van der Waals surface area contributed by atoms with Gasteiger partial charge in [-0.05, 0) is 74.2 Å². The molecule has 1 aliphatic heterocycles. The Labute approximate surface area is 303 Å². The number of nitrogens with zero attached hydrogens (tertiary/aromatic N) is 2. The van der Waals surface area contributed by atoms with Crippen molar-refractivity contribution in [2.24, 2.45) is 0 Å². The first kappa shape index (κ1) is 35.4. The van der Waals surface area contributed by atoms with Crippen molar-refractivity contribution in [1.29, 1.82) is 0 Å². The molecule has 0 spiro atoms. The Kier molecular flexibility index (Phi) is 11.6. The molecule has 0 N–H and O–H groups in total. The Bertz CT molecular complexity index is 1980. The van der Waals surface area contributed by atoms with Crippen LogP contribution in [0, 0.1) is 13.8 Å². The molecule has 0 saturated heterocycles. The predicted molar refractivity (Wildman–Crippen MR) is 199 cm³/mol. The van der Waals surface area contributed by atoms with Gasteiger partial charge in [-0.15, -0.1) is 0 Å². The lowest BCUT2D eigenvalue weighted by molar-refractivity contribution is -0.00696. The van der Waals surface area contributed by atoms with E-state index in [4.69, 9.17) is 47.2 Å². The number of aromatic nitrogens is 2. The van der Waals surface area contributed by atoms with Gasteiger partial charge in [0.25, 0.3) is 0 Å². The highest BCUT2D eigenvalue weighted by Gasteiger charge is 2.19. The minimum Gasteiger partial charge on any atom is -0.490 e. The zero-order chi connectivity index (χ0) is 35.7. The molecular weight excluding hydrogens is 660 g/mol.